The molecule has 5 heteroatoms. The third-order valence-corrected chi connectivity index (χ3v) is 5.74. The van der Waals surface area contributed by atoms with E-state index in [1.165, 1.54) is 19.3 Å². The Balaban J connectivity index is 1.70. The normalized spacial score (nSPS) is 19.0. The molecule has 0 bridgehead atoms. The summed E-state index contributed by atoms with van der Waals surface area (Å²) in [5.74, 6) is 0.780. The van der Waals surface area contributed by atoms with E-state index in [1.54, 1.807) is 11.3 Å². The molecule has 4 nitrogen and oxygen atoms in total. The molecule has 1 aliphatic rings. The van der Waals surface area contributed by atoms with E-state index in [4.69, 9.17) is 4.98 Å². The number of benzene rings is 1. The second-order valence-electron chi connectivity index (χ2n) is 6.52. The number of hydrogen-bond acceptors (Lipinski definition) is 4. The molecular weight excluding hydrogens is 318 g/mol. The highest BCUT2D eigenvalue weighted by molar-refractivity contribution is 7.17. The van der Waals surface area contributed by atoms with E-state index in [0.717, 1.165) is 34.9 Å². The van der Waals surface area contributed by atoms with Gasteiger partial charge in [0.1, 0.15) is 10.7 Å². The second kappa shape index (κ2) is 6.49. The Bertz CT molecular complexity index is 900. The van der Waals surface area contributed by atoms with Gasteiger partial charge in [0.25, 0.3) is 5.56 Å². The van der Waals surface area contributed by atoms with Crippen LogP contribution in [-0.4, -0.2) is 27.5 Å². The zero-order valence-electron chi connectivity index (χ0n) is 13.8. The first-order chi connectivity index (χ1) is 11.7. The third kappa shape index (κ3) is 2.89. The summed E-state index contributed by atoms with van der Waals surface area (Å²) < 4.78 is 0. The number of fused-ring (bicyclic) bond motifs is 1. The molecule has 1 unspecified atom stereocenters. The summed E-state index contributed by atoms with van der Waals surface area (Å²) >= 11 is 1.55. The van der Waals surface area contributed by atoms with Gasteiger partial charge in [-0.2, -0.15) is 0 Å². The van der Waals surface area contributed by atoms with Crippen LogP contribution in [0.4, 0.5) is 0 Å². The average Bonchev–Trinajstić information content (AvgIpc) is 3.02. The van der Waals surface area contributed by atoms with Crippen LogP contribution in [0.5, 0.6) is 0 Å². The lowest BCUT2D eigenvalue weighted by molar-refractivity contribution is 0.149. The Hall–Kier alpha value is -1.98. The minimum Gasteiger partial charge on any atom is -0.309 e. The predicted molar refractivity (Wildman–Crippen MR) is 99.4 cm³/mol. The van der Waals surface area contributed by atoms with Crippen LogP contribution in [0.15, 0.2) is 40.5 Å². The van der Waals surface area contributed by atoms with E-state index < -0.39 is 0 Å². The van der Waals surface area contributed by atoms with Gasteiger partial charge in [-0.1, -0.05) is 36.8 Å². The van der Waals surface area contributed by atoms with Crippen molar-refractivity contribution in [2.24, 2.45) is 0 Å². The quantitative estimate of drug-likeness (QED) is 0.784. The minimum absolute atomic E-state index is 0.0280. The number of piperidine rings is 1. The summed E-state index contributed by atoms with van der Waals surface area (Å²) in [5.41, 5.74) is 2.01. The second-order valence-corrected chi connectivity index (χ2v) is 7.38. The molecule has 0 saturated carbocycles. The highest BCUT2D eigenvalue weighted by atomic mass is 32.1. The summed E-state index contributed by atoms with van der Waals surface area (Å²) in [6.45, 7) is 4.07. The van der Waals surface area contributed by atoms with Crippen LogP contribution in [-0.2, 0) is 6.54 Å². The number of hydrogen-bond donors (Lipinski definition) is 1. The molecule has 0 radical (unpaired) electrons. The number of H-pyrrole nitrogens is 1. The summed E-state index contributed by atoms with van der Waals surface area (Å²) in [5, 5.41) is 2.75. The smallest absolute Gasteiger partial charge is 0.260 e. The fourth-order valence-electron chi connectivity index (χ4n) is 3.48. The lowest BCUT2D eigenvalue weighted by Gasteiger charge is -2.32. The van der Waals surface area contributed by atoms with Crippen molar-refractivity contribution in [1.82, 2.24) is 14.9 Å². The molecule has 3 aromatic rings. The van der Waals surface area contributed by atoms with Gasteiger partial charge in [0, 0.05) is 17.0 Å². The summed E-state index contributed by atoms with van der Waals surface area (Å²) in [6.07, 6.45) is 3.75. The van der Waals surface area contributed by atoms with Crippen molar-refractivity contribution >= 4 is 21.6 Å². The average molecular weight is 339 g/mol. The maximum Gasteiger partial charge on any atom is 0.260 e. The van der Waals surface area contributed by atoms with Crippen molar-refractivity contribution in [2.75, 3.05) is 6.54 Å². The first-order valence-corrected chi connectivity index (χ1v) is 9.40. The van der Waals surface area contributed by atoms with Crippen molar-refractivity contribution in [3.05, 3.63) is 51.9 Å². The van der Waals surface area contributed by atoms with Crippen LogP contribution in [0.1, 0.15) is 32.0 Å². The molecule has 3 heterocycles. The molecule has 1 aromatic carbocycles. The van der Waals surface area contributed by atoms with Crippen LogP contribution in [0.3, 0.4) is 0 Å². The number of aromatic nitrogens is 2. The van der Waals surface area contributed by atoms with Gasteiger partial charge in [0.05, 0.1) is 11.9 Å². The van der Waals surface area contributed by atoms with E-state index in [9.17, 15) is 4.79 Å². The van der Waals surface area contributed by atoms with Gasteiger partial charge in [-0.15, -0.1) is 11.3 Å². The number of nitrogens with one attached hydrogen (secondary N) is 1. The van der Waals surface area contributed by atoms with E-state index in [-0.39, 0.29) is 5.56 Å². The summed E-state index contributed by atoms with van der Waals surface area (Å²) in [6, 6.07) is 10.6. The van der Waals surface area contributed by atoms with Gasteiger partial charge in [0.2, 0.25) is 0 Å². The monoisotopic (exact) mass is 339 g/mol. The van der Waals surface area contributed by atoms with Gasteiger partial charge >= 0.3 is 0 Å². The number of likely N-dealkylation sites (tertiary alicyclic amines) is 1. The van der Waals surface area contributed by atoms with E-state index in [1.807, 2.05) is 35.7 Å². The minimum atomic E-state index is -0.0280. The molecule has 0 amide bonds. The molecule has 24 heavy (non-hydrogen) atoms. The van der Waals surface area contributed by atoms with Crippen molar-refractivity contribution < 1.29 is 0 Å². The Kier molecular flexibility index (Phi) is 4.21. The standard InChI is InChI=1S/C19H21N3OS/c1-13-7-5-6-10-22(13)11-16-20-18(23)17-15(12-24-19(17)21-16)14-8-3-2-4-9-14/h2-4,8-9,12-13H,5-7,10-11H2,1H3,(H,20,21,23). The van der Waals surface area contributed by atoms with Gasteiger partial charge < -0.3 is 4.98 Å². The van der Waals surface area contributed by atoms with Gasteiger partial charge in [-0.3, -0.25) is 9.69 Å². The first kappa shape index (κ1) is 15.5. The fourth-order valence-corrected chi connectivity index (χ4v) is 4.45. The Morgan fingerprint density at radius 3 is 2.92 bits per heavy atom. The van der Waals surface area contributed by atoms with E-state index in [2.05, 4.69) is 16.8 Å². The molecule has 124 valence electrons. The Labute approximate surface area is 145 Å². The van der Waals surface area contributed by atoms with Crippen molar-refractivity contribution in [3.8, 4) is 11.1 Å². The van der Waals surface area contributed by atoms with Gasteiger partial charge in [-0.25, -0.2) is 4.98 Å². The lowest BCUT2D eigenvalue weighted by Crippen LogP contribution is -2.37. The molecule has 4 rings (SSSR count). The fraction of sp³-hybridized carbons (Fsp3) is 0.368. The zero-order chi connectivity index (χ0) is 16.5. The number of aromatic amines is 1. The molecule has 1 aliphatic heterocycles. The van der Waals surface area contributed by atoms with Gasteiger partial charge in [0.15, 0.2) is 0 Å². The predicted octanol–water partition coefficient (Wildman–Crippen LogP) is 4.03. The van der Waals surface area contributed by atoms with E-state index in [0.29, 0.717) is 11.4 Å². The highest BCUT2D eigenvalue weighted by Crippen LogP contribution is 2.30. The first-order valence-electron chi connectivity index (χ1n) is 8.52. The summed E-state index contributed by atoms with van der Waals surface area (Å²) in [4.78, 5) is 23.7. The number of thiophene rings is 1. The molecule has 1 atom stereocenters. The summed E-state index contributed by atoms with van der Waals surface area (Å²) in [7, 11) is 0. The third-order valence-electron chi connectivity index (χ3n) is 4.87. The molecule has 1 fully saturated rings. The number of nitrogens with zero attached hydrogens (tertiary/aromatic N) is 2. The van der Waals surface area contributed by atoms with Crippen LogP contribution < -0.4 is 5.56 Å². The largest absolute Gasteiger partial charge is 0.309 e. The maximum atomic E-state index is 12.7. The SMILES string of the molecule is CC1CCCCN1Cc1nc2scc(-c3ccccc3)c2c(=O)[nH]1. The molecule has 2 aromatic heterocycles. The Morgan fingerprint density at radius 1 is 1.29 bits per heavy atom. The molecule has 1 saturated heterocycles. The van der Waals surface area contributed by atoms with Crippen molar-refractivity contribution in [2.45, 2.75) is 38.8 Å². The zero-order valence-corrected chi connectivity index (χ0v) is 14.6. The van der Waals surface area contributed by atoms with E-state index >= 15 is 0 Å². The molecule has 0 aliphatic carbocycles. The maximum absolute atomic E-state index is 12.7. The Morgan fingerprint density at radius 2 is 2.12 bits per heavy atom. The molecule has 1 N–H and O–H groups in total. The lowest BCUT2D eigenvalue weighted by atomic mass is 10.0. The van der Waals surface area contributed by atoms with Crippen LogP contribution in [0.2, 0.25) is 0 Å². The van der Waals surface area contributed by atoms with Gasteiger partial charge in [-0.05, 0) is 31.9 Å². The van der Waals surface area contributed by atoms with Crippen molar-refractivity contribution in [1.29, 1.82) is 0 Å². The highest BCUT2D eigenvalue weighted by Gasteiger charge is 2.20. The van der Waals surface area contributed by atoms with Crippen LogP contribution >= 0.6 is 11.3 Å². The molecule has 0 spiro atoms. The van der Waals surface area contributed by atoms with Crippen molar-refractivity contribution in [3.63, 3.8) is 0 Å². The van der Waals surface area contributed by atoms with Crippen LogP contribution in [0.25, 0.3) is 21.3 Å². The topological polar surface area (TPSA) is 49.0 Å². The number of rotatable bonds is 3. The molecular formula is C19H21N3OS. The van der Waals surface area contributed by atoms with Crippen LogP contribution in [0, 0.1) is 0 Å².